The number of nitrogens with one attached hydrogen (secondary N) is 1. The summed E-state index contributed by atoms with van der Waals surface area (Å²) in [6.07, 6.45) is 2.97. The second-order valence-electron chi connectivity index (χ2n) is 3.14. The summed E-state index contributed by atoms with van der Waals surface area (Å²) in [6, 6.07) is 0.117. The number of rotatable bonds is 3. The highest BCUT2D eigenvalue weighted by Gasteiger charge is 2.33. The van der Waals surface area contributed by atoms with Gasteiger partial charge in [0.05, 0.1) is 5.92 Å². The molecule has 2 atom stereocenters. The van der Waals surface area contributed by atoms with Crippen molar-refractivity contribution in [3.8, 4) is 0 Å². The maximum absolute atomic E-state index is 11.2. The molecule has 1 rings (SSSR count). The van der Waals surface area contributed by atoms with Crippen molar-refractivity contribution >= 4 is 5.91 Å². The summed E-state index contributed by atoms with van der Waals surface area (Å²) in [4.78, 5) is 11.2. The lowest BCUT2D eigenvalue weighted by Crippen LogP contribution is -2.48. The molecule has 0 saturated heterocycles. The molecule has 0 bridgehead atoms. The van der Waals surface area contributed by atoms with E-state index in [0.29, 0.717) is 0 Å². The van der Waals surface area contributed by atoms with Gasteiger partial charge in [0.1, 0.15) is 0 Å². The third kappa shape index (κ3) is 1.93. The molecule has 3 nitrogen and oxygen atoms in total. The Labute approximate surface area is 67.3 Å². The number of carbonyl (C=O) groups is 1. The van der Waals surface area contributed by atoms with Crippen molar-refractivity contribution in [1.29, 1.82) is 0 Å². The van der Waals surface area contributed by atoms with E-state index in [1.807, 2.05) is 6.92 Å². The molecule has 0 heterocycles. The molecule has 0 spiro atoms. The van der Waals surface area contributed by atoms with Gasteiger partial charge in [0.2, 0.25) is 5.91 Å². The quantitative estimate of drug-likeness (QED) is 0.615. The van der Waals surface area contributed by atoms with Crippen molar-refractivity contribution < 1.29 is 4.79 Å². The molecule has 3 N–H and O–H groups in total. The van der Waals surface area contributed by atoms with Gasteiger partial charge in [-0.05, 0) is 19.3 Å². The Balaban J connectivity index is 2.19. The van der Waals surface area contributed by atoms with Crippen LogP contribution in [0.15, 0.2) is 0 Å². The molecule has 2 unspecified atom stereocenters. The largest absolute Gasteiger partial charge is 0.356 e. The summed E-state index contributed by atoms with van der Waals surface area (Å²) in [6.45, 7) is 2.82. The van der Waals surface area contributed by atoms with E-state index in [2.05, 4.69) is 5.32 Å². The van der Waals surface area contributed by atoms with Crippen LogP contribution < -0.4 is 11.1 Å². The third-order valence-corrected chi connectivity index (χ3v) is 2.21. The van der Waals surface area contributed by atoms with Gasteiger partial charge in [0.25, 0.3) is 0 Å². The van der Waals surface area contributed by atoms with Gasteiger partial charge in [-0.25, -0.2) is 0 Å². The SMILES string of the molecule is CCCNC(=O)C1CCC1N. The lowest BCUT2D eigenvalue weighted by atomic mass is 9.79. The summed E-state index contributed by atoms with van der Waals surface area (Å²) in [5.74, 6) is 0.243. The van der Waals surface area contributed by atoms with E-state index in [-0.39, 0.29) is 17.9 Å². The fourth-order valence-electron chi connectivity index (χ4n) is 1.23. The summed E-state index contributed by atoms with van der Waals surface area (Å²) < 4.78 is 0. The minimum Gasteiger partial charge on any atom is -0.356 e. The van der Waals surface area contributed by atoms with Crippen molar-refractivity contribution in [2.45, 2.75) is 32.2 Å². The van der Waals surface area contributed by atoms with E-state index < -0.39 is 0 Å². The van der Waals surface area contributed by atoms with Gasteiger partial charge in [-0.1, -0.05) is 6.92 Å². The maximum atomic E-state index is 11.2. The second kappa shape index (κ2) is 3.72. The van der Waals surface area contributed by atoms with Crippen LogP contribution in [0, 0.1) is 5.92 Å². The smallest absolute Gasteiger partial charge is 0.224 e. The molecule has 0 aromatic rings. The highest BCUT2D eigenvalue weighted by atomic mass is 16.1. The first kappa shape index (κ1) is 8.53. The van der Waals surface area contributed by atoms with Crippen LogP contribution >= 0.6 is 0 Å². The minimum atomic E-state index is 0.0987. The Kier molecular flexibility index (Phi) is 2.88. The van der Waals surface area contributed by atoms with Crippen molar-refractivity contribution in [1.82, 2.24) is 5.32 Å². The van der Waals surface area contributed by atoms with Gasteiger partial charge in [0.15, 0.2) is 0 Å². The van der Waals surface area contributed by atoms with E-state index in [1.165, 1.54) is 0 Å². The van der Waals surface area contributed by atoms with Crippen molar-refractivity contribution in [2.24, 2.45) is 11.7 Å². The van der Waals surface area contributed by atoms with Crippen LogP contribution in [-0.2, 0) is 4.79 Å². The first-order chi connectivity index (χ1) is 5.25. The topological polar surface area (TPSA) is 55.1 Å². The molecule has 1 fully saturated rings. The fraction of sp³-hybridized carbons (Fsp3) is 0.875. The molecule has 64 valence electrons. The van der Waals surface area contributed by atoms with Gasteiger partial charge < -0.3 is 11.1 Å². The van der Waals surface area contributed by atoms with Crippen LogP contribution in [0.2, 0.25) is 0 Å². The van der Waals surface area contributed by atoms with Crippen molar-refractivity contribution in [3.05, 3.63) is 0 Å². The van der Waals surface area contributed by atoms with E-state index in [1.54, 1.807) is 0 Å². The fourth-order valence-corrected chi connectivity index (χ4v) is 1.23. The van der Waals surface area contributed by atoms with E-state index in [0.717, 1.165) is 25.8 Å². The Bertz CT molecular complexity index is 147. The number of hydrogen-bond acceptors (Lipinski definition) is 2. The van der Waals surface area contributed by atoms with Gasteiger partial charge >= 0.3 is 0 Å². The van der Waals surface area contributed by atoms with Gasteiger partial charge in [-0.2, -0.15) is 0 Å². The maximum Gasteiger partial charge on any atom is 0.224 e. The first-order valence-electron chi connectivity index (χ1n) is 4.29. The molecule has 3 heteroatoms. The minimum absolute atomic E-state index is 0.0987. The molecule has 11 heavy (non-hydrogen) atoms. The number of carbonyl (C=O) groups excluding carboxylic acids is 1. The van der Waals surface area contributed by atoms with E-state index in [4.69, 9.17) is 5.73 Å². The van der Waals surface area contributed by atoms with Crippen LogP contribution in [0.3, 0.4) is 0 Å². The summed E-state index contributed by atoms with van der Waals surface area (Å²) >= 11 is 0. The number of hydrogen-bond donors (Lipinski definition) is 2. The molecule has 1 amide bonds. The number of amides is 1. The summed E-state index contributed by atoms with van der Waals surface area (Å²) in [7, 11) is 0. The lowest BCUT2D eigenvalue weighted by Gasteiger charge is -2.31. The Morgan fingerprint density at radius 1 is 1.64 bits per heavy atom. The summed E-state index contributed by atoms with van der Waals surface area (Å²) in [5.41, 5.74) is 5.63. The third-order valence-electron chi connectivity index (χ3n) is 2.21. The molecule has 0 aliphatic heterocycles. The van der Waals surface area contributed by atoms with Gasteiger partial charge in [-0.15, -0.1) is 0 Å². The molecule has 0 aromatic heterocycles. The Morgan fingerprint density at radius 2 is 2.36 bits per heavy atom. The van der Waals surface area contributed by atoms with E-state index in [9.17, 15) is 4.79 Å². The molecular weight excluding hydrogens is 140 g/mol. The van der Waals surface area contributed by atoms with Crippen molar-refractivity contribution in [2.75, 3.05) is 6.54 Å². The molecule has 0 radical (unpaired) electrons. The van der Waals surface area contributed by atoms with Gasteiger partial charge in [0, 0.05) is 12.6 Å². The summed E-state index contributed by atoms with van der Waals surface area (Å²) in [5, 5.41) is 2.85. The molecule has 1 aliphatic carbocycles. The first-order valence-corrected chi connectivity index (χ1v) is 4.29. The van der Waals surface area contributed by atoms with Crippen LogP contribution in [0.4, 0.5) is 0 Å². The predicted octanol–water partition coefficient (Wildman–Crippen LogP) is 0.250. The molecule has 1 saturated carbocycles. The zero-order valence-electron chi connectivity index (χ0n) is 6.97. The highest BCUT2D eigenvalue weighted by Crippen LogP contribution is 2.25. The average Bonchev–Trinajstić information content (AvgIpc) is 1.98. The predicted molar refractivity (Wildman–Crippen MR) is 44.0 cm³/mol. The lowest BCUT2D eigenvalue weighted by molar-refractivity contribution is -0.128. The Morgan fingerprint density at radius 3 is 2.73 bits per heavy atom. The van der Waals surface area contributed by atoms with Crippen LogP contribution in [0.5, 0.6) is 0 Å². The number of nitrogens with two attached hydrogens (primary N) is 1. The molecular formula is C8H16N2O. The van der Waals surface area contributed by atoms with Crippen LogP contribution in [0.25, 0.3) is 0 Å². The Hall–Kier alpha value is -0.570. The zero-order chi connectivity index (χ0) is 8.27. The van der Waals surface area contributed by atoms with Crippen LogP contribution in [0.1, 0.15) is 26.2 Å². The van der Waals surface area contributed by atoms with Gasteiger partial charge in [-0.3, -0.25) is 4.79 Å². The van der Waals surface area contributed by atoms with E-state index >= 15 is 0 Å². The normalized spacial score (nSPS) is 29.3. The molecule has 1 aliphatic rings. The second-order valence-corrected chi connectivity index (χ2v) is 3.14. The zero-order valence-corrected chi connectivity index (χ0v) is 6.97. The molecule has 0 aromatic carbocycles. The highest BCUT2D eigenvalue weighted by molar-refractivity contribution is 5.80. The monoisotopic (exact) mass is 156 g/mol. The average molecular weight is 156 g/mol. The standard InChI is InChI=1S/C8H16N2O/c1-2-5-10-8(11)6-3-4-7(6)9/h6-7H,2-5,9H2,1H3,(H,10,11). The van der Waals surface area contributed by atoms with Crippen molar-refractivity contribution in [3.63, 3.8) is 0 Å². The van der Waals surface area contributed by atoms with Crippen LogP contribution in [-0.4, -0.2) is 18.5 Å².